The Balaban J connectivity index is 4.44. The number of nitrogens with one attached hydrogen (secondary N) is 1. The standard InChI is InChI=1S/C12H21N/c1-7-9-11(12(4,5)6)13-10(3)8-2/h7-9,11,13H,2-3H2,1,4-6H3/b9-7-. The highest BCUT2D eigenvalue weighted by molar-refractivity contribution is 5.13. The van der Waals surface area contributed by atoms with Crippen LogP contribution in [-0.2, 0) is 0 Å². The Bertz CT molecular complexity index is 206. The van der Waals surface area contributed by atoms with Crippen LogP contribution in [0.15, 0.2) is 37.1 Å². The molecule has 0 aliphatic carbocycles. The molecule has 0 aromatic carbocycles. The van der Waals surface area contributed by atoms with Gasteiger partial charge in [-0.05, 0) is 18.4 Å². The molecule has 0 saturated carbocycles. The topological polar surface area (TPSA) is 12.0 Å². The molecule has 0 saturated heterocycles. The fraction of sp³-hybridized carbons (Fsp3) is 0.500. The zero-order valence-electron chi connectivity index (χ0n) is 9.22. The largest absolute Gasteiger partial charge is 0.379 e. The van der Waals surface area contributed by atoms with Crippen molar-refractivity contribution in [1.29, 1.82) is 0 Å². The first-order chi connectivity index (χ1) is 5.91. The van der Waals surface area contributed by atoms with Crippen molar-refractivity contribution < 1.29 is 0 Å². The van der Waals surface area contributed by atoms with Gasteiger partial charge in [0.1, 0.15) is 0 Å². The predicted molar refractivity (Wildman–Crippen MR) is 60.5 cm³/mol. The summed E-state index contributed by atoms with van der Waals surface area (Å²) < 4.78 is 0. The summed E-state index contributed by atoms with van der Waals surface area (Å²) in [5, 5.41) is 3.31. The minimum absolute atomic E-state index is 0.193. The summed E-state index contributed by atoms with van der Waals surface area (Å²) in [6.45, 7) is 16.1. The summed E-state index contributed by atoms with van der Waals surface area (Å²) in [4.78, 5) is 0. The summed E-state index contributed by atoms with van der Waals surface area (Å²) in [6, 6.07) is 0.308. The third-order valence-corrected chi connectivity index (χ3v) is 1.91. The van der Waals surface area contributed by atoms with Crippen molar-refractivity contribution in [2.75, 3.05) is 0 Å². The zero-order chi connectivity index (χ0) is 10.5. The second-order valence-corrected chi connectivity index (χ2v) is 4.24. The first kappa shape index (κ1) is 12.0. The molecular weight excluding hydrogens is 158 g/mol. The van der Waals surface area contributed by atoms with Crippen LogP contribution in [0.2, 0.25) is 0 Å². The van der Waals surface area contributed by atoms with E-state index in [1.165, 1.54) is 0 Å². The predicted octanol–water partition coefficient (Wildman–Crippen LogP) is 3.27. The Labute approximate surface area is 82.2 Å². The summed E-state index contributed by atoms with van der Waals surface area (Å²) in [7, 11) is 0. The molecule has 1 atom stereocenters. The summed E-state index contributed by atoms with van der Waals surface area (Å²) in [6.07, 6.45) is 5.94. The maximum Gasteiger partial charge on any atom is 0.0492 e. The molecule has 0 amide bonds. The van der Waals surface area contributed by atoms with Gasteiger partial charge in [0.25, 0.3) is 0 Å². The van der Waals surface area contributed by atoms with Gasteiger partial charge in [0.05, 0.1) is 0 Å². The Morgan fingerprint density at radius 3 is 2.23 bits per heavy atom. The van der Waals surface area contributed by atoms with Crippen LogP contribution >= 0.6 is 0 Å². The molecule has 0 bridgehead atoms. The summed E-state index contributed by atoms with van der Waals surface area (Å²) in [5.74, 6) is 0. The van der Waals surface area contributed by atoms with Crippen LogP contribution in [0, 0.1) is 5.41 Å². The molecule has 1 N–H and O–H groups in total. The van der Waals surface area contributed by atoms with Crippen LogP contribution in [0.25, 0.3) is 0 Å². The minimum atomic E-state index is 0.193. The van der Waals surface area contributed by atoms with Gasteiger partial charge < -0.3 is 5.32 Å². The van der Waals surface area contributed by atoms with E-state index in [0.717, 1.165) is 5.70 Å². The van der Waals surface area contributed by atoms with Gasteiger partial charge in [-0.3, -0.25) is 0 Å². The van der Waals surface area contributed by atoms with E-state index in [2.05, 4.69) is 51.4 Å². The average molecular weight is 179 g/mol. The quantitative estimate of drug-likeness (QED) is 0.516. The lowest BCUT2D eigenvalue weighted by molar-refractivity contribution is 0.332. The Kier molecular flexibility index (Phi) is 4.53. The van der Waals surface area contributed by atoms with E-state index < -0.39 is 0 Å². The van der Waals surface area contributed by atoms with Crippen molar-refractivity contribution in [3.05, 3.63) is 37.1 Å². The first-order valence-corrected chi connectivity index (χ1v) is 4.62. The van der Waals surface area contributed by atoms with Crippen molar-refractivity contribution in [2.24, 2.45) is 5.41 Å². The number of allylic oxidation sites excluding steroid dienone is 2. The van der Waals surface area contributed by atoms with E-state index in [-0.39, 0.29) is 5.41 Å². The Morgan fingerprint density at radius 2 is 1.92 bits per heavy atom. The van der Waals surface area contributed by atoms with E-state index in [1.807, 2.05) is 6.92 Å². The summed E-state index contributed by atoms with van der Waals surface area (Å²) >= 11 is 0. The molecule has 0 aliphatic rings. The fourth-order valence-electron chi connectivity index (χ4n) is 1.00. The van der Waals surface area contributed by atoms with Crippen LogP contribution < -0.4 is 5.32 Å². The van der Waals surface area contributed by atoms with Crippen molar-refractivity contribution in [2.45, 2.75) is 33.7 Å². The van der Waals surface area contributed by atoms with Gasteiger partial charge in [0, 0.05) is 11.7 Å². The highest BCUT2D eigenvalue weighted by atomic mass is 14.9. The van der Waals surface area contributed by atoms with Crippen LogP contribution in [0.4, 0.5) is 0 Å². The van der Waals surface area contributed by atoms with Crippen molar-refractivity contribution >= 4 is 0 Å². The van der Waals surface area contributed by atoms with Crippen LogP contribution in [0.3, 0.4) is 0 Å². The van der Waals surface area contributed by atoms with Gasteiger partial charge in [-0.25, -0.2) is 0 Å². The molecule has 1 nitrogen and oxygen atoms in total. The second-order valence-electron chi connectivity index (χ2n) is 4.24. The molecule has 0 aromatic rings. The number of hydrogen-bond acceptors (Lipinski definition) is 1. The summed E-state index contributed by atoms with van der Waals surface area (Å²) in [5.41, 5.74) is 1.07. The highest BCUT2D eigenvalue weighted by Gasteiger charge is 2.21. The molecule has 0 spiro atoms. The van der Waals surface area contributed by atoms with Gasteiger partial charge in [-0.1, -0.05) is 46.1 Å². The van der Waals surface area contributed by atoms with Crippen LogP contribution in [0.5, 0.6) is 0 Å². The normalized spacial score (nSPS) is 14.2. The number of rotatable bonds is 4. The lowest BCUT2D eigenvalue weighted by atomic mass is 9.86. The molecular formula is C12H21N. The molecule has 0 fully saturated rings. The maximum atomic E-state index is 3.85. The van der Waals surface area contributed by atoms with Crippen molar-refractivity contribution in [1.82, 2.24) is 5.32 Å². The Hall–Kier alpha value is -0.980. The smallest absolute Gasteiger partial charge is 0.0492 e. The molecule has 0 rings (SSSR count). The molecule has 1 heteroatoms. The Morgan fingerprint density at radius 1 is 1.38 bits per heavy atom. The third kappa shape index (κ3) is 4.56. The molecule has 74 valence electrons. The molecule has 0 aromatic heterocycles. The zero-order valence-corrected chi connectivity index (χ0v) is 9.22. The molecule has 0 aliphatic heterocycles. The lowest BCUT2D eigenvalue weighted by Gasteiger charge is -2.30. The molecule has 13 heavy (non-hydrogen) atoms. The van der Waals surface area contributed by atoms with Crippen molar-refractivity contribution in [3.63, 3.8) is 0 Å². The van der Waals surface area contributed by atoms with E-state index in [1.54, 1.807) is 6.08 Å². The van der Waals surface area contributed by atoms with Gasteiger partial charge in [0.15, 0.2) is 0 Å². The molecule has 0 radical (unpaired) electrons. The second kappa shape index (κ2) is 4.90. The van der Waals surface area contributed by atoms with Gasteiger partial charge in [-0.15, -0.1) is 0 Å². The molecule has 0 heterocycles. The lowest BCUT2D eigenvalue weighted by Crippen LogP contribution is -2.37. The third-order valence-electron chi connectivity index (χ3n) is 1.91. The van der Waals surface area contributed by atoms with E-state index >= 15 is 0 Å². The maximum absolute atomic E-state index is 3.85. The van der Waals surface area contributed by atoms with Gasteiger partial charge >= 0.3 is 0 Å². The monoisotopic (exact) mass is 179 g/mol. The van der Waals surface area contributed by atoms with Crippen LogP contribution in [0.1, 0.15) is 27.7 Å². The minimum Gasteiger partial charge on any atom is -0.379 e. The molecule has 1 unspecified atom stereocenters. The van der Waals surface area contributed by atoms with E-state index in [4.69, 9.17) is 0 Å². The number of hydrogen-bond donors (Lipinski definition) is 1. The van der Waals surface area contributed by atoms with Gasteiger partial charge in [-0.2, -0.15) is 0 Å². The SMILES string of the molecule is C=CC(=C)NC(/C=C\C)C(C)(C)C. The van der Waals surface area contributed by atoms with Crippen molar-refractivity contribution in [3.8, 4) is 0 Å². The van der Waals surface area contributed by atoms with E-state index in [9.17, 15) is 0 Å². The van der Waals surface area contributed by atoms with Gasteiger partial charge in [0.2, 0.25) is 0 Å². The van der Waals surface area contributed by atoms with Crippen LogP contribution in [-0.4, -0.2) is 6.04 Å². The highest BCUT2D eigenvalue weighted by Crippen LogP contribution is 2.21. The first-order valence-electron chi connectivity index (χ1n) is 4.62. The fourth-order valence-corrected chi connectivity index (χ4v) is 1.00. The average Bonchev–Trinajstić information content (AvgIpc) is 2.01. The van der Waals surface area contributed by atoms with E-state index in [0.29, 0.717) is 6.04 Å².